The van der Waals surface area contributed by atoms with Crippen molar-refractivity contribution in [1.29, 1.82) is 0 Å². The van der Waals surface area contributed by atoms with Gasteiger partial charge in [-0.05, 0) is 33.7 Å². The summed E-state index contributed by atoms with van der Waals surface area (Å²) in [5.74, 6) is -2.20. The van der Waals surface area contributed by atoms with Crippen molar-refractivity contribution in [2.75, 3.05) is 0 Å². The number of hydrogen-bond acceptors (Lipinski definition) is 1. The van der Waals surface area contributed by atoms with Gasteiger partial charge in [-0.2, -0.15) is 0 Å². The molecule has 21 heavy (non-hydrogen) atoms. The number of carbonyl (C=O) groups is 1. The van der Waals surface area contributed by atoms with E-state index in [0.29, 0.717) is 0 Å². The summed E-state index contributed by atoms with van der Waals surface area (Å²) in [6.45, 7) is 0. The Morgan fingerprint density at radius 1 is 0.810 bits per heavy atom. The van der Waals surface area contributed by atoms with Crippen LogP contribution in [-0.2, 0) is 4.79 Å². The summed E-state index contributed by atoms with van der Waals surface area (Å²) in [6, 6.07) is 14.8. The SMILES string of the molecule is O=C1CC(F)=c2cc3c(ccc4ccccc43)cc2=C1F. The summed E-state index contributed by atoms with van der Waals surface area (Å²) >= 11 is 0. The van der Waals surface area contributed by atoms with E-state index < -0.39 is 23.9 Å². The number of benzene rings is 3. The molecular weight excluding hydrogens is 270 g/mol. The monoisotopic (exact) mass is 280 g/mol. The van der Waals surface area contributed by atoms with Gasteiger partial charge in [0.2, 0.25) is 0 Å². The summed E-state index contributed by atoms with van der Waals surface area (Å²) in [5, 5.41) is 3.95. The van der Waals surface area contributed by atoms with Crippen LogP contribution in [0.15, 0.2) is 48.5 Å². The average Bonchev–Trinajstić information content (AvgIpc) is 2.51. The van der Waals surface area contributed by atoms with Crippen molar-refractivity contribution in [3.63, 3.8) is 0 Å². The molecule has 4 rings (SSSR count). The summed E-state index contributed by atoms with van der Waals surface area (Å²) in [4.78, 5) is 11.4. The summed E-state index contributed by atoms with van der Waals surface area (Å²) in [5.41, 5.74) is 0. The van der Waals surface area contributed by atoms with Crippen molar-refractivity contribution in [2.45, 2.75) is 6.42 Å². The van der Waals surface area contributed by atoms with Gasteiger partial charge < -0.3 is 0 Å². The number of halogens is 2. The minimum Gasteiger partial charge on any atom is -0.291 e. The van der Waals surface area contributed by atoms with E-state index in [1.165, 1.54) is 0 Å². The molecule has 0 spiro atoms. The number of rotatable bonds is 0. The Kier molecular flexibility index (Phi) is 2.45. The fourth-order valence-corrected chi connectivity index (χ4v) is 2.92. The number of fused-ring (bicyclic) bond motifs is 4. The van der Waals surface area contributed by atoms with Crippen molar-refractivity contribution in [3.05, 3.63) is 59.0 Å². The highest BCUT2D eigenvalue weighted by Gasteiger charge is 2.20. The lowest BCUT2D eigenvalue weighted by Gasteiger charge is -2.09. The van der Waals surface area contributed by atoms with Crippen molar-refractivity contribution in [2.24, 2.45) is 0 Å². The molecule has 0 fully saturated rings. The van der Waals surface area contributed by atoms with Crippen LogP contribution in [0.5, 0.6) is 0 Å². The molecule has 102 valence electrons. The molecule has 0 saturated heterocycles. The van der Waals surface area contributed by atoms with E-state index in [4.69, 9.17) is 0 Å². The Morgan fingerprint density at radius 2 is 1.57 bits per heavy atom. The summed E-state index contributed by atoms with van der Waals surface area (Å²) < 4.78 is 28.0. The van der Waals surface area contributed by atoms with Gasteiger partial charge in [0.1, 0.15) is 5.83 Å². The van der Waals surface area contributed by atoms with Crippen LogP contribution in [-0.4, -0.2) is 5.78 Å². The van der Waals surface area contributed by atoms with Crippen molar-refractivity contribution >= 4 is 39.0 Å². The summed E-state index contributed by atoms with van der Waals surface area (Å²) in [7, 11) is 0. The van der Waals surface area contributed by atoms with Crippen LogP contribution in [0, 0.1) is 0 Å². The van der Waals surface area contributed by atoms with Gasteiger partial charge in [0.05, 0.1) is 6.42 Å². The van der Waals surface area contributed by atoms with Crippen molar-refractivity contribution in [1.82, 2.24) is 0 Å². The van der Waals surface area contributed by atoms with Crippen LogP contribution in [0.2, 0.25) is 0 Å². The number of carbonyl (C=O) groups excluding carboxylic acids is 1. The lowest BCUT2D eigenvalue weighted by Crippen LogP contribution is -2.33. The number of Topliss-reactive ketones (excluding diaryl/α,β-unsaturated/α-hetero) is 1. The van der Waals surface area contributed by atoms with Crippen LogP contribution >= 0.6 is 0 Å². The first-order valence-corrected chi connectivity index (χ1v) is 6.68. The lowest BCUT2D eigenvalue weighted by molar-refractivity contribution is -0.114. The van der Waals surface area contributed by atoms with E-state index in [1.807, 2.05) is 36.4 Å². The molecule has 0 bridgehead atoms. The molecule has 3 aromatic rings. The predicted molar refractivity (Wildman–Crippen MR) is 79.4 cm³/mol. The van der Waals surface area contributed by atoms with Gasteiger partial charge in [0.15, 0.2) is 11.6 Å². The summed E-state index contributed by atoms with van der Waals surface area (Å²) in [6.07, 6.45) is -0.491. The first-order chi connectivity index (χ1) is 10.1. The maximum absolute atomic E-state index is 14.0. The van der Waals surface area contributed by atoms with E-state index in [-0.39, 0.29) is 10.4 Å². The quantitative estimate of drug-likeness (QED) is 0.578. The minimum absolute atomic E-state index is 0.0616. The molecule has 0 aromatic heterocycles. The van der Waals surface area contributed by atoms with Crippen molar-refractivity contribution < 1.29 is 13.6 Å². The highest BCUT2D eigenvalue weighted by molar-refractivity contribution is 6.16. The van der Waals surface area contributed by atoms with E-state index in [9.17, 15) is 13.6 Å². The zero-order valence-electron chi connectivity index (χ0n) is 11.0. The zero-order valence-corrected chi connectivity index (χ0v) is 11.0. The molecule has 1 aliphatic rings. The number of ketones is 1. The molecule has 0 saturated carbocycles. The Balaban J connectivity index is 2.29. The third-order valence-corrected chi connectivity index (χ3v) is 3.97. The highest BCUT2D eigenvalue weighted by atomic mass is 19.1. The van der Waals surface area contributed by atoms with Crippen LogP contribution < -0.4 is 10.4 Å². The maximum Gasteiger partial charge on any atom is 0.198 e. The molecule has 0 heterocycles. The van der Waals surface area contributed by atoms with Crippen LogP contribution in [0.4, 0.5) is 8.78 Å². The van der Waals surface area contributed by atoms with Gasteiger partial charge >= 0.3 is 0 Å². The van der Waals surface area contributed by atoms with Gasteiger partial charge in [0.25, 0.3) is 0 Å². The van der Waals surface area contributed by atoms with Crippen LogP contribution in [0.1, 0.15) is 6.42 Å². The van der Waals surface area contributed by atoms with Crippen LogP contribution in [0.3, 0.4) is 0 Å². The molecule has 0 amide bonds. The largest absolute Gasteiger partial charge is 0.291 e. The third-order valence-electron chi connectivity index (χ3n) is 3.97. The lowest BCUT2D eigenvalue weighted by atomic mass is 9.97. The Hall–Kier alpha value is -2.55. The number of hydrogen-bond donors (Lipinski definition) is 0. The Bertz CT molecular complexity index is 1050. The van der Waals surface area contributed by atoms with Crippen LogP contribution in [0.25, 0.3) is 33.2 Å². The standard InChI is InChI=1S/C18H10F2O/c19-16-9-17(21)18(20)15-7-11-6-5-10-3-1-2-4-12(10)13(11)8-14(15)16/h1-8H,9H2. The predicted octanol–water partition coefficient (Wildman–Crippen LogP) is 3.12. The highest BCUT2D eigenvalue weighted by Crippen LogP contribution is 2.24. The fraction of sp³-hybridized carbons (Fsp3) is 0.0556. The molecule has 0 aliphatic heterocycles. The second-order valence-electron chi connectivity index (χ2n) is 5.22. The molecule has 0 unspecified atom stereocenters. The average molecular weight is 280 g/mol. The maximum atomic E-state index is 14.0. The molecule has 1 aliphatic carbocycles. The smallest absolute Gasteiger partial charge is 0.198 e. The first kappa shape index (κ1) is 12.2. The second kappa shape index (κ2) is 4.22. The van der Waals surface area contributed by atoms with E-state index >= 15 is 0 Å². The van der Waals surface area contributed by atoms with Gasteiger partial charge in [-0.1, -0.05) is 36.4 Å². The molecular formula is C18H10F2O. The van der Waals surface area contributed by atoms with Gasteiger partial charge in [-0.25, -0.2) is 8.78 Å². The minimum atomic E-state index is -0.846. The molecule has 1 nitrogen and oxygen atoms in total. The topological polar surface area (TPSA) is 17.1 Å². The second-order valence-corrected chi connectivity index (χ2v) is 5.22. The molecule has 3 aromatic carbocycles. The first-order valence-electron chi connectivity index (χ1n) is 6.68. The van der Waals surface area contributed by atoms with Gasteiger partial charge in [-0.3, -0.25) is 4.79 Å². The molecule has 0 atom stereocenters. The molecule has 3 heteroatoms. The van der Waals surface area contributed by atoms with Crippen molar-refractivity contribution in [3.8, 4) is 0 Å². The van der Waals surface area contributed by atoms with E-state index in [1.54, 1.807) is 12.1 Å². The Labute approximate surface area is 118 Å². The normalized spacial score (nSPS) is 14.9. The van der Waals surface area contributed by atoms with Gasteiger partial charge in [-0.15, -0.1) is 0 Å². The molecule has 0 radical (unpaired) electrons. The fourth-order valence-electron chi connectivity index (χ4n) is 2.92. The zero-order chi connectivity index (χ0) is 14.6. The molecule has 0 N–H and O–H groups in total. The van der Waals surface area contributed by atoms with E-state index in [2.05, 4.69) is 0 Å². The van der Waals surface area contributed by atoms with E-state index in [0.717, 1.165) is 21.5 Å². The van der Waals surface area contributed by atoms with Gasteiger partial charge in [0, 0.05) is 10.4 Å². The Morgan fingerprint density at radius 3 is 2.43 bits per heavy atom. The third kappa shape index (κ3) is 1.70.